The summed E-state index contributed by atoms with van der Waals surface area (Å²) in [5.41, 5.74) is 0. The van der Waals surface area contributed by atoms with Gasteiger partial charge in [0, 0.05) is 0 Å². The molecule has 0 N–H and O–H groups in total. The molecule has 92 valence electrons. The van der Waals surface area contributed by atoms with E-state index in [9.17, 15) is 0 Å². The minimum atomic E-state index is -1.65. The van der Waals surface area contributed by atoms with Crippen LogP contribution in [0.3, 0.4) is 0 Å². The molecule has 0 amide bonds. The van der Waals surface area contributed by atoms with Gasteiger partial charge in [0.15, 0.2) is 0 Å². The van der Waals surface area contributed by atoms with E-state index in [2.05, 4.69) is 13.6 Å². The van der Waals surface area contributed by atoms with Crippen molar-refractivity contribution >= 4 is 17.2 Å². The van der Waals surface area contributed by atoms with E-state index in [1.165, 1.54) is 69.9 Å². The predicted molar refractivity (Wildman–Crippen MR) is 75.9 cm³/mol. The molecule has 0 radical (unpaired) electrons. The standard InChI is InChI=1S/C13H28ClP/c1-3-4-5-6-7-8-11-15(2,14)12-9-10-13-15/h3-13H2,1-2H3. The molecule has 0 nitrogen and oxygen atoms in total. The van der Waals surface area contributed by atoms with Crippen LogP contribution in [-0.2, 0) is 0 Å². The molecular weight excluding hydrogens is 223 g/mol. The molecule has 0 atom stereocenters. The SMILES string of the molecule is CCCCCCCCP1(C)(Cl)CCCC1. The van der Waals surface area contributed by atoms with Crippen LogP contribution in [-0.4, -0.2) is 25.2 Å². The Hall–Kier alpha value is 0.720. The van der Waals surface area contributed by atoms with Crippen molar-refractivity contribution in [2.45, 2.75) is 58.3 Å². The minimum absolute atomic E-state index is 1.35. The van der Waals surface area contributed by atoms with Crippen molar-refractivity contribution in [2.75, 3.05) is 25.2 Å². The zero-order valence-corrected chi connectivity index (χ0v) is 12.3. The summed E-state index contributed by atoms with van der Waals surface area (Å²) in [4.78, 5) is 0. The molecule has 1 aliphatic rings. The average molecular weight is 251 g/mol. The van der Waals surface area contributed by atoms with Crippen LogP contribution in [0.15, 0.2) is 0 Å². The van der Waals surface area contributed by atoms with Gasteiger partial charge < -0.3 is 0 Å². The molecule has 1 rings (SSSR count). The van der Waals surface area contributed by atoms with Crippen LogP contribution in [0.2, 0.25) is 0 Å². The molecule has 0 bridgehead atoms. The van der Waals surface area contributed by atoms with Gasteiger partial charge in [-0.2, -0.15) is 0 Å². The van der Waals surface area contributed by atoms with Gasteiger partial charge in [0.25, 0.3) is 0 Å². The second-order valence-corrected chi connectivity index (χ2v) is 14.6. The van der Waals surface area contributed by atoms with Crippen LogP contribution >= 0.6 is 17.2 Å². The molecule has 15 heavy (non-hydrogen) atoms. The third kappa shape index (κ3) is 5.05. The molecule has 0 saturated carbocycles. The average Bonchev–Trinajstić information content (AvgIpc) is 2.54. The zero-order chi connectivity index (χ0) is 11.2. The van der Waals surface area contributed by atoms with Gasteiger partial charge in [0.05, 0.1) is 0 Å². The van der Waals surface area contributed by atoms with E-state index < -0.39 is 5.96 Å². The summed E-state index contributed by atoms with van der Waals surface area (Å²) < 4.78 is 0. The van der Waals surface area contributed by atoms with Crippen LogP contribution in [0.4, 0.5) is 0 Å². The van der Waals surface area contributed by atoms with Crippen molar-refractivity contribution in [3.05, 3.63) is 0 Å². The van der Waals surface area contributed by atoms with Gasteiger partial charge in [-0.3, -0.25) is 0 Å². The molecular formula is C13H28ClP. The molecule has 1 fully saturated rings. The second-order valence-electron chi connectivity index (χ2n) is 5.79. The maximum absolute atomic E-state index is 6.90. The first kappa shape index (κ1) is 13.8. The van der Waals surface area contributed by atoms with Crippen molar-refractivity contribution in [1.82, 2.24) is 0 Å². The van der Waals surface area contributed by atoms with E-state index in [1.807, 2.05) is 0 Å². The molecule has 2 heteroatoms. The monoisotopic (exact) mass is 250 g/mol. The number of hydrogen-bond donors (Lipinski definition) is 0. The zero-order valence-electron chi connectivity index (χ0n) is 10.6. The van der Waals surface area contributed by atoms with Crippen molar-refractivity contribution in [2.24, 2.45) is 0 Å². The van der Waals surface area contributed by atoms with Crippen molar-refractivity contribution in [3.8, 4) is 0 Å². The first-order valence-electron chi connectivity index (χ1n) is 6.77. The Kier molecular flexibility index (Phi) is 5.40. The molecule has 0 aromatic rings. The van der Waals surface area contributed by atoms with Crippen LogP contribution in [0.5, 0.6) is 0 Å². The van der Waals surface area contributed by atoms with Crippen molar-refractivity contribution in [1.29, 1.82) is 0 Å². The number of hydrogen-bond acceptors (Lipinski definition) is 0. The second kappa shape index (κ2) is 5.87. The Balaban J connectivity index is 2.09. The molecule has 0 spiro atoms. The number of unbranched alkanes of at least 4 members (excludes halogenated alkanes) is 5. The molecule has 0 aromatic carbocycles. The topological polar surface area (TPSA) is 0 Å². The summed E-state index contributed by atoms with van der Waals surface area (Å²) in [7, 11) is 0. The third-order valence-electron chi connectivity index (χ3n) is 3.95. The molecule has 1 aliphatic heterocycles. The van der Waals surface area contributed by atoms with Crippen molar-refractivity contribution < 1.29 is 0 Å². The Morgan fingerprint density at radius 3 is 2.07 bits per heavy atom. The fourth-order valence-electron chi connectivity index (χ4n) is 2.78. The summed E-state index contributed by atoms with van der Waals surface area (Å²) in [5.74, 6) is -1.65. The Morgan fingerprint density at radius 1 is 0.933 bits per heavy atom. The van der Waals surface area contributed by atoms with E-state index >= 15 is 0 Å². The molecule has 0 unspecified atom stereocenters. The summed E-state index contributed by atoms with van der Waals surface area (Å²) in [5, 5.41) is 0. The van der Waals surface area contributed by atoms with Gasteiger partial charge in [-0.25, -0.2) is 0 Å². The Bertz CT molecular complexity index is 179. The molecule has 1 saturated heterocycles. The fourth-order valence-corrected chi connectivity index (χ4v) is 7.84. The van der Waals surface area contributed by atoms with Crippen LogP contribution in [0.25, 0.3) is 0 Å². The summed E-state index contributed by atoms with van der Waals surface area (Å²) >= 11 is 6.90. The van der Waals surface area contributed by atoms with Crippen molar-refractivity contribution in [3.63, 3.8) is 0 Å². The van der Waals surface area contributed by atoms with E-state index in [0.29, 0.717) is 0 Å². The third-order valence-corrected chi connectivity index (χ3v) is 10.2. The van der Waals surface area contributed by atoms with Gasteiger partial charge in [0.2, 0.25) is 0 Å². The first-order chi connectivity index (χ1) is 7.05. The van der Waals surface area contributed by atoms with Gasteiger partial charge >= 0.3 is 101 Å². The molecule has 0 aromatic heterocycles. The van der Waals surface area contributed by atoms with E-state index in [4.69, 9.17) is 11.2 Å². The molecule has 0 aliphatic carbocycles. The van der Waals surface area contributed by atoms with Crippen LogP contribution in [0.1, 0.15) is 58.3 Å². The van der Waals surface area contributed by atoms with E-state index in [-0.39, 0.29) is 0 Å². The van der Waals surface area contributed by atoms with Gasteiger partial charge in [0.1, 0.15) is 0 Å². The van der Waals surface area contributed by atoms with E-state index in [0.717, 1.165) is 0 Å². The van der Waals surface area contributed by atoms with Crippen LogP contribution < -0.4 is 0 Å². The summed E-state index contributed by atoms with van der Waals surface area (Å²) in [6, 6.07) is 0. The van der Waals surface area contributed by atoms with E-state index in [1.54, 1.807) is 0 Å². The Labute approximate surface area is 101 Å². The molecule has 1 heterocycles. The quantitative estimate of drug-likeness (QED) is 0.415. The fraction of sp³-hybridized carbons (Fsp3) is 1.00. The van der Waals surface area contributed by atoms with Gasteiger partial charge in [-0.15, -0.1) is 0 Å². The summed E-state index contributed by atoms with van der Waals surface area (Å²) in [6.07, 6.45) is 15.3. The first-order valence-corrected chi connectivity index (χ1v) is 10.9. The van der Waals surface area contributed by atoms with Gasteiger partial charge in [-0.05, 0) is 0 Å². The van der Waals surface area contributed by atoms with Gasteiger partial charge in [-0.1, -0.05) is 0 Å². The maximum atomic E-state index is 6.90. The predicted octanol–water partition coefficient (Wildman–Crippen LogP) is 5.48. The number of halogens is 1. The normalized spacial score (nSPS) is 25.9. The Morgan fingerprint density at radius 2 is 1.47 bits per heavy atom. The summed E-state index contributed by atoms with van der Waals surface area (Å²) in [6.45, 7) is 4.70. The number of rotatable bonds is 7. The van der Waals surface area contributed by atoms with Crippen LogP contribution in [0, 0.1) is 0 Å².